The van der Waals surface area contributed by atoms with Crippen molar-refractivity contribution in [2.75, 3.05) is 6.54 Å². The fourth-order valence-electron chi connectivity index (χ4n) is 1.42. The van der Waals surface area contributed by atoms with E-state index in [0.717, 1.165) is 6.42 Å². The van der Waals surface area contributed by atoms with Gasteiger partial charge in [-0.3, -0.25) is 4.79 Å². The molecule has 1 aliphatic carbocycles. The summed E-state index contributed by atoms with van der Waals surface area (Å²) in [5.74, 6) is 2.96. The summed E-state index contributed by atoms with van der Waals surface area (Å²) >= 11 is 0. The molecule has 2 fully saturated rings. The highest BCUT2D eigenvalue weighted by Crippen LogP contribution is 2.54. The molecule has 2 nitrogen and oxygen atoms in total. The van der Waals surface area contributed by atoms with Gasteiger partial charge in [-0.05, 0) is 6.42 Å². The van der Waals surface area contributed by atoms with E-state index in [0.29, 0.717) is 6.54 Å². The molecule has 1 saturated carbocycles. The molecule has 0 aromatic heterocycles. The van der Waals surface area contributed by atoms with Crippen LogP contribution in [-0.2, 0) is 4.79 Å². The van der Waals surface area contributed by atoms with Gasteiger partial charge < -0.3 is 5.32 Å². The van der Waals surface area contributed by atoms with E-state index in [1.807, 2.05) is 0 Å². The first kappa shape index (κ1) is 4.87. The number of hydrogen-bond donors (Lipinski definition) is 1. The van der Waals surface area contributed by atoms with Crippen LogP contribution < -0.4 is 5.32 Å². The van der Waals surface area contributed by atoms with Crippen molar-refractivity contribution in [1.82, 2.24) is 5.32 Å². The quantitative estimate of drug-likeness (QED) is 0.440. The number of hydrogen-bond acceptors (Lipinski definition) is 1. The van der Waals surface area contributed by atoms with E-state index in [-0.39, 0.29) is 17.2 Å². The van der Waals surface area contributed by atoms with Crippen molar-refractivity contribution in [3.05, 3.63) is 0 Å². The first-order chi connectivity index (χ1) is 4.28. The van der Waals surface area contributed by atoms with Gasteiger partial charge in [-0.25, -0.2) is 0 Å². The number of nitrogens with one attached hydrogen (secondary N) is 1. The molecule has 46 valence electrons. The van der Waals surface area contributed by atoms with Gasteiger partial charge in [0.25, 0.3) is 0 Å². The lowest BCUT2D eigenvalue weighted by molar-refractivity contribution is -0.120. The van der Waals surface area contributed by atoms with Crippen LogP contribution in [0.25, 0.3) is 0 Å². The third-order valence-electron chi connectivity index (χ3n) is 2.26. The molecule has 0 aromatic rings. The topological polar surface area (TPSA) is 29.1 Å². The van der Waals surface area contributed by atoms with Gasteiger partial charge in [0, 0.05) is 6.54 Å². The zero-order valence-electron chi connectivity index (χ0n) is 4.98. The molecule has 9 heavy (non-hydrogen) atoms. The molecule has 1 aliphatic heterocycles. The molecule has 0 spiro atoms. The van der Waals surface area contributed by atoms with Crippen molar-refractivity contribution in [2.45, 2.75) is 6.42 Å². The van der Waals surface area contributed by atoms with E-state index in [9.17, 15) is 4.79 Å². The van der Waals surface area contributed by atoms with E-state index in [1.54, 1.807) is 0 Å². The predicted molar refractivity (Wildman–Crippen MR) is 32.4 cm³/mol. The Kier molecular flexibility index (Phi) is 0.612. The van der Waals surface area contributed by atoms with E-state index >= 15 is 0 Å². The van der Waals surface area contributed by atoms with Crippen LogP contribution >= 0.6 is 0 Å². The van der Waals surface area contributed by atoms with Crippen molar-refractivity contribution in [3.8, 4) is 12.3 Å². The van der Waals surface area contributed by atoms with E-state index < -0.39 is 0 Å². The SMILES string of the molecule is C#C[C@]12CNC(=O)[C@H]1C2. The average molecular weight is 121 g/mol. The molecule has 0 radical (unpaired) electrons. The fraction of sp³-hybridized carbons (Fsp3) is 0.571. The molecule has 1 N–H and O–H groups in total. The summed E-state index contributed by atoms with van der Waals surface area (Å²) in [6.07, 6.45) is 6.14. The summed E-state index contributed by atoms with van der Waals surface area (Å²) in [5.41, 5.74) is -0.0584. The maximum atomic E-state index is 10.8. The molecule has 2 rings (SSSR count). The van der Waals surface area contributed by atoms with Gasteiger partial charge in [-0.15, -0.1) is 6.42 Å². The van der Waals surface area contributed by atoms with Crippen LogP contribution in [-0.4, -0.2) is 12.5 Å². The van der Waals surface area contributed by atoms with Crippen molar-refractivity contribution in [2.24, 2.45) is 11.3 Å². The molecule has 0 unspecified atom stereocenters. The molecule has 2 heteroatoms. The minimum absolute atomic E-state index is 0.0584. The molecule has 2 aliphatic rings. The van der Waals surface area contributed by atoms with Gasteiger partial charge >= 0.3 is 0 Å². The Balaban J connectivity index is 2.29. The summed E-state index contributed by atoms with van der Waals surface area (Å²) in [5, 5.41) is 2.73. The number of terminal acetylenes is 1. The van der Waals surface area contributed by atoms with Gasteiger partial charge in [-0.1, -0.05) is 5.92 Å². The molecular weight excluding hydrogens is 114 g/mol. The van der Waals surface area contributed by atoms with Crippen molar-refractivity contribution in [1.29, 1.82) is 0 Å². The van der Waals surface area contributed by atoms with Crippen molar-refractivity contribution < 1.29 is 4.79 Å². The van der Waals surface area contributed by atoms with Gasteiger partial charge in [0.1, 0.15) is 0 Å². The summed E-state index contributed by atoms with van der Waals surface area (Å²) in [7, 11) is 0. The van der Waals surface area contributed by atoms with Crippen LogP contribution in [0.5, 0.6) is 0 Å². The van der Waals surface area contributed by atoms with Crippen molar-refractivity contribution in [3.63, 3.8) is 0 Å². The number of piperidine rings is 1. The maximum Gasteiger partial charge on any atom is 0.224 e. The van der Waals surface area contributed by atoms with Crippen LogP contribution in [0.4, 0.5) is 0 Å². The van der Waals surface area contributed by atoms with Crippen LogP contribution in [0, 0.1) is 23.7 Å². The summed E-state index contributed by atoms with van der Waals surface area (Å²) in [6.45, 7) is 0.701. The second-order valence-corrected chi connectivity index (χ2v) is 2.77. The maximum absolute atomic E-state index is 10.8. The largest absolute Gasteiger partial charge is 0.354 e. The van der Waals surface area contributed by atoms with E-state index in [2.05, 4.69) is 11.2 Å². The number of carbonyl (C=O) groups excluding carboxylic acids is 1. The smallest absolute Gasteiger partial charge is 0.224 e. The Morgan fingerprint density at radius 1 is 1.89 bits per heavy atom. The van der Waals surface area contributed by atoms with Gasteiger partial charge in [0.2, 0.25) is 5.91 Å². The van der Waals surface area contributed by atoms with Crippen LogP contribution in [0.1, 0.15) is 6.42 Å². The predicted octanol–water partition coefficient (Wildman–Crippen LogP) is -0.244. The standard InChI is InChI=1S/C7H7NO/c1-2-7-3-5(7)6(9)8-4-7/h1,5H,3-4H2,(H,8,9)/t5-,7+/m1/s1. The zero-order valence-corrected chi connectivity index (χ0v) is 4.98. The Morgan fingerprint density at radius 3 is 2.89 bits per heavy atom. The third-order valence-corrected chi connectivity index (χ3v) is 2.26. The Labute approximate surface area is 53.6 Å². The van der Waals surface area contributed by atoms with Gasteiger partial charge in [0.05, 0.1) is 11.3 Å². The minimum atomic E-state index is -0.0584. The zero-order chi connectivity index (χ0) is 6.48. The lowest BCUT2D eigenvalue weighted by Crippen LogP contribution is -2.20. The average Bonchev–Trinajstić information content (AvgIpc) is 2.53. The number of fused-ring (bicyclic) bond motifs is 1. The van der Waals surface area contributed by atoms with Crippen LogP contribution in [0.2, 0.25) is 0 Å². The van der Waals surface area contributed by atoms with Crippen LogP contribution in [0.3, 0.4) is 0 Å². The highest BCUT2D eigenvalue weighted by Gasteiger charge is 2.61. The van der Waals surface area contributed by atoms with Gasteiger partial charge in [0.15, 0.2) is 0 Å². The molecule has 0 bridgehead atoms. The third kappa shape index (κ3) is 0.402. The highest BCUT2D eigenvalue weighted by atomic mass is 16.2. The van der Waals surface area contributed by atoms with Crippen molar-refractivity contribution >= 4 is 5.91 Å². The molecule has 0 aromatic carbocycles. The summed E-state index contributed by atoms with van der Waals surface area (Å²) in [4.78, 5) is 10.8. The molecule has 1 amide bonds. The minimum Gasteiger partial charge on any atom is -0.354 e. The monoisotopic (exact) mass is 121 g/mol. The molecular formula is C7H7NO. The number of amides is 1. The Hall–Kier alpha value is -0.970. The Bertz CT molecular complexity index is 215. The van der Waals surface area contributed by atoms with Gasteiger partial charge in [-0.2, -0.15) is 0 Å². The lowest BCUT2D eigenvalue weighted by atomic mass is 10.1. The molecule has 1 heterocycles. The second kappa shape index (κ2) is 1.13. The highest BCUT2D eigenvalue weighted by molar-refractivity contribution is 5.86. The summed E-state index contributed by atoms with van der Waals surface area (Å²) in [6, 6.07) is 0. The first-order valence-corrected chi connectivity index (χ1v) is 3.04. The Morgan fingerprint density at radius 2 is 2.67 bits per heavy atom. The molecule has 1 saturated heterocycles. The summed E-state index contributed by atoms with van der Waals surface area (Å²) < 4.78 is 0. The first-order valence-electron chi connectivity index (χ1n) is 3.04. The second-order valence-electron chi connectivity index (χ2n) is 2.77. The van der Waals surface area contributed by atoms with E-state index in [4.69, 9.17) is 6.42 Å². The molecule has 2 atom stereocenters. The van der Waals surface area contributed by atoms with E-state index in [1.165, 1.54) is 0 Å². The van der Waals surface area contributed by atoms with Crippen LogP contribution in [0.15, 0.2) is 0 Å². The lowest BCUT2D eigenvalue weighted by Gasteiger charge is -1.97. The number of rotatable bonds is 0. The fourth-order valence-corrected chi connectivity index (χ4v) is 1.42. The normalized spacial score (nSPS) is 45.2. The number of carbonyl (C=O) groups is 1.